The van der Waals surface area contributed by atoms with Crippen LogP contribution in [-0.4, -0.2) is 30.1 Å². The second kappa shape index (κ2) is 7.45. The molecule has 152 valence electrons. The number of amides is 1. The number of nitrogens with one attached hydrogen (secondary N) is 1. The average Bonchev–Trinajstić information content (AvgIpc) is 2.90. The Morgan fingerprint density at radius 2 is 1.90 bits per heavy atom. The number of nitrogens with zero attached hydrogens (tertiary/aromatic N) is 2. The van der Waals surface area contributed by atoms with E-state index in [4.69, 9.17) is 17.3 Å². The fraction of sp³-hybridized carbons (Fsp3) is 0.111. The lowest BCUT2D eigenvalue weighted by molar-refractivity contribution is 0.100. The fourth-order valence-electron chi connectivity index (χ4n) is 2.97. The van der Waals surface area contributed by atoms with Crippen molar-refractivity contribution in [1.29, 1.82) is 0 Å². The molecule has 0 saturated heterocycles. The van der Waals surface area contributed by atoms with Crippen molar-refractivity contribution in [2.45, 2.75) is 0 Å². The average molecular weight is 441 g/mol. The number of anilines is 1. The Hall–Kier alpha value is -2.98. The van der Waals surface area contributed by atoms with E-state index in [0.717, 1.165) is 12.5 Å². The molecular weight excluding hydrogens is 426 g/mol. The highest BCUT2D eigenvalue weighted by molar-refractivity contribution is 7.92. The Morgan fingerprint density at radius 1 is 1.21 bits per heavy atom. The van der Waals surface area contributed by atoms with Gasteiger partial charge in [-0.05, 0) is 24.3 Å². The quantitative estimate of drug-likeness (QED) is 0.635. The monoisotopic (exact) mass is 440 g/mol. The molecular formula is C18H15ClF2N4O3S. The van der Waals surface area contributed by atoms with Crippen LogP contribution in [0.15, 0.2) is 36.5 Å². The molecule has 11 heteroatoms. The maximum atomic E-state index is 14.2. The third-order valence-electron chi connectivity index (χ3n) is 4.02. The van der Waals surface area contributed by atoms with Gasteiger partial charge in [0.05, 0.1) is 35.1 Å². The summed E-state index contributed by atoms with van der Waals surface area (Å²) in [5, 5.41) is 0.193. The van der Waals surface area contributed by atoms with Crippen molar-refractivity contribution in [1.82, 2.24) is 9.55 Å². The molecule has 0 saturated carbocycles. The molecule has 0 fully saturated rings. The van der Waals surface area contributed by atoms with Crippen LogP contribution >= 0.6 is 11.6 Å². The number of carbonyl (C=O) groups is 1. The Morgan fingerprint density at radius 3 is 2.48 bits per heavy atom. The number of carbonyl (C=O) groups excluding carboxylic acids is 1. The van der Waals surface area contributed by atoms with Crippen LogP contribution in [0.1, 0.15) is 10.4 Å². The standard InChI is InChI=1S/C18H15ClF2N4O3S/c1-25-15(16-14(21)6-11(20)8-23-16)7-13(18(22)26)17(25)9-3-10(19)5-12(4-9)24-29(2,27)28/h3-8,24H,1-2H3,(H2,22,26). The summed E-state index contributed by atoms with van der Waals surface area (Å²) in [4.78, 5) is 15.8. The van der Waals surface area contributed by atoms with Crippen molar-refractivity contribution in [3.63, 3.8) is 0 Å². The third kappa shape index (κ3) is 4.38. The van der Waals surface area contributed by atoms with Gasteiger partial charge < -0.3 is 10.3 Å². The zero-order chi connectivity index (χ0) is 21.5. The van der Waals surface area contributed by atoms with Crippen LogP contribution in [-0.2, 0) is 17.1 Å². The first-order chi connectivity index (χ1) is 13.5. The van der Waals surface area contributed by atoms with E-state index >= 15 is 0 Å². The number of primary amides is 1. The molecule has 3 rings (SSSR count). The number of aromatic nitrogens is 2. The van der Waals surface area contributed by atoms with Crippen molar-refractivity contribution in [2.24, 2.45) is 12.8 Å². The summed E-state index contributed by atoms with van der Waals surface area (Å²) in [5.74, 6) is -2.57. The van der Waals surface area contributed by atoms with Crippen LogP contribution in [0.2, 0.25) is 5.02 Å². The van der Waals surface area contributed by atoms with E-state index in [0.29, 0.717) is 11.6 Å². The summed E-state index contributed by atoms with van der Waals surface area (Å²) in [6, 6.07) is 6.33. The number of rotatable bonds is 5. The summed E-state index contributed by atoms with van der Waals surface area (Å²) in [7, 11) is -2.05. The molecule has 0 aliphatic rings. The minimum Gasteiger partial charge on any atom is -0.366 e. The van der Waals surface area contributed by atoms with Gasteiger partial charge in [0.2, 0.25) is 10.0 Å². The van der Waals surface area contributed by atoms with Crippen molar-refractivity contribution in [3.8, 4) is 22.6 Å². The lowest BCUT2D eigenvalue weighted by Crippen LogP contribution is -2.12. The smallest absolute Gasteiger partial charge is 0.250 e. The second-order valence-electron chi connectivity index (χ2n) is 6.30. The maximum Gasteiger partial charge on any atom is 0.250 e. The minimum absolute atomic E-state index is 0.0283. The summed E-state index contributed by atoms with van der Waals surface area (Å²) in [5.41, 5.74) is 6.28. The summed E-state index contributed by atoms with van der Waals surface area (Å²) in [6.45, 7) is 0. The summed E-state index contributed by atoms with van der Waals surface area (Å²) >= 11 is 6.11. The molecule has 1 amide bonds. The van der Waals surface area contributed by atoms with Gasteiger partial charge in [0.1, 0.15) is 11.5 Å². The predicted octanol–water partition coefficient (Wildman–Crippen LogP) is 3.16. The van der Waals surface area contributed by atoms with Crippen LogP contribution in [0.5, 0.6) is 0 Å². The number of nitrogens with two attached hydrogens (primary N) is 1. The maximum absolute atomic E-state index is 14.2. The van der Waals surface area contributed by atoms with Crippen LogP contribution < -0.4 is 10.5 Å². The highest BCUT2D eigenvalue weighted by atomic mass is 35.5. The van der Waals surface area contributed by atoms with Crippen molar-refractivity contribution in [3.05, 3.63) is 58.7 Å². The molecule has 0 spiro atoms. The van der Waals surface area contributed by atoms with E-state index in [9.17, 15) is 22.0 Å². The van der Waals surface area contributed by atoms with Crippen LogP contribution in [0.25, 0.3) is 22.6 Å². The molecule has 2 aromatic heterocycles. The number of sulfonamides is 1. The highest BCUT2D eigenvalue weighted by Gasteiger charge is 2.22. The zero-order valence-electron chi connectivity index (χ0n) is 15.2. The van der Waals surface area contributed by atoms with Crippen molar-refractivity contribution in [2.75, 3.05) is 11.0 Å². The van der Waals surface area contributed by atoms with Gasteiger partial charge in [-0.2, -0.15) is 0 Å². The predicted molar refractivity (Wildman–Crippen MR) is 106 cm³/mol. The topological polar surface area (TPSA) is 107 Å². The Bertz CT molecular complexity index is 1240. The van der Waals surface area contributed by atoms with Crippen LogP contribution in [0, 0.1) is 11.6 Å². The highest BCUT2D eigenvalue weighted by Crippen LogP contribution is 2.35. The molecule has 7 nitrogen and oxygen atoms in total. The largest absolute Gasteiger partial charge is 0.366 e. The fourth-order valence-corrected chi connectivity index (χ4v) is 3.75. The molecule has 0 aliphatic heterocycles. The third-order valence-corrected chi connectivity index (χ3v) is 4.85. The second-order valence-corrected chi connectivity index (χ2v) is 8.49. The van der Waals surface area contributed by atoms with E-state index in [2.05, 4.69) is 9.71 Å². The van der Waals surface area contributed by atoms with Gasteiger partial charge in [0, 0.05) is 23.7 Å². The number of benzene rings is 1. The van der Waals surface area contributed by atoms with Gasteiger partial charge in [-0.3, -0.25) is 9.52 Å². The number of pyridine rings is 1. The normalized spacial score (nSPS) is 11.5. The molecule has 3 aromatic rings. The summed E-state index contributed by atoms with van der Waals surface area (Å²) in [6.07, 6.45) is 1.83. The van der Waals surface area contributed by atoms with E-state index in [1.165, 1.54) is 35.9 Å². The van der Waals surface area contributed by atoms with E-state index < -0.39 is 27.6 Å². The number of hydrogen-bond donors (Lipinski definition) is 2. The Labute approximate surface area is 170 Å². The lowest BCUT2D eigenvalue weighted by atomic mass is 10.1. The summed E-state index contributed by atoms with van der Waals surface area (Å²) < 4.78 is 54.3. The van der Waals surface area contributed by atoms with Crippen LogP contribution in [0.4, 0.5) is 14.5 Å². The molecule has 3 N–H and O–H groups in total. The molecule has 0 aliphatic carbocycles. The van der Waals surface area contributed by atoms with Gasteiger partial charge >= 0.3 is 0 Å². The van der Waals surface area contributed by atoms with Gasteiger partial charge in [-0.25, -0.2) is 22.2 Å². The number of hydrogen-bond acceptors (Lipinski definition) is 4. The van der Waals surface area contributed by atoms with Crippen LogP contribution in [0.3, 0.4) is 0 Å². The first-order valence-electron chi connectivity index (χ1n) is 8.06. The molecule has 0 unspecified atom stereocenters. The lowest BCUT2D eigenvalue weighted by Gasteiger charge is -2.12. The molecule has 0 bridgehead atoms. The van der Waals surface area contributed by atoms with Gasteiger partial charge in [0.25, 0.3) is 5.91 Å². The number of halogens is 3. The first kappa shape index (κ1) is 20.7. The molecule has 1 aromatic carbocycles. The molecule has 0 radical (unpaired) electrons. The molecule has 29 heavy (non-hydrogen) atoms. The molecule has 0 atom stereocenters. The van der Waals surface area contributed by atoms with E-state index in [1.807, 2.05) is 0 Å². The molecule has 2 heterocycles. The Kier molecular flexibility index (Phi) is 5.33. The minimum atomic E-state index is -3.58. The Balaban J connectivity index is 2.25. The van der Waals surface area contributed by atoms with E-state index in [1.54, 1.807) is 0 Å². The van der Waals surface area contributed by atoms with Crippen molar-refractivity contribution >= 4 is 33.2 Å². The van der Waals surface area contributed by atoms with E-state index in [-0.39, 0.29) is 33.4 Å². The SMILES string of the molecule is Cn1c(-c2ncc(F)cc2F)cc(C(N)=O)c1-c1cc(Cl)cc(NS(C)(=O)=O)c1. The first-order valence-corrected chi connectivity index (χ1v) is 10.3. The van der Waals surface area contributed by atoms with Gasteiger partial charge in [0.15, 0.2) is 5.82 Å². The zero-order valence-corrected chi connectivity index (χ0v) is 16.8. The van der Waals surface area contributed by atoms with Gasteiger partial charge in [-0.1, -0.05) is 11.6 Å². The van der Waals surface area contributed by atoms with Gasteiger partial charge in [-0.15, -0.1) is 0 Å². The van der Waals surface area contributed by atoms with Crippen molar-refractivity contribution < 1.29 is 22.0 Å².